The number of carboxylic acids is 1. The van der Waals surface area contributed by atoms with Gasteiger partial charge in [0.15, 0.2) is 0 Å². The first-order valence-corrected chi connectivity index (χ1v) is 9.06. The molecule has 1 aromatic heterocycles. The van der Waals surface area contributed by atoms with E-state index >= 15 is 0 Å². The van der Waals surface area contributed by atoms with Crippen molar-refractivity contribution >= 4 is 11.9 Å². The van der Waals surface area contributed by atoms with Gasteiger partial charge < -0.3 is 19.4 Å². The molecule has 27 heavy (non-hydrogen) atoms. The minimum Gasteiger partial charge on any atom is -0.481 e. The number of aliphatic carboxylic acids is 1. The number of aryl methyl sites for hydroxylation is 1. The third-order valence-electron chi connectivity index (χ3n) is 5.61. The smallest absolute Gasteiger partial charge is 0.313 e. The van der Waals surface area contributed by atoms with Gasteiger partial charge >= 0.3 is 5.97 Å². The molecule has 8 nitrogen and oxygen atoms in total. The maximum Gasteiger partial charge on any atom is 0.313 e. The molecule has 1 amide bonds. The number of hydrogen-bond acceptors (Lipinski definition) is 6. The number of carboxylic acid groups (broad SMARTS) is 1. The van der Waals surface area contributed by atoms with Gasteiger partial charge in [0.1, 0.15) is 5.41 Å². The van der Waals surface area contributed by atoms with E-state index in [2.05, 4.69) is 10.1 Å². The van der Waals surface area contributed by atoms with Crippen LogP contribution < -0.4 is 0 Å². The van der Waals surface area contributed by atoms with Gasteiger partial charge in [0.05, 0.1) is 0 Å². The van der Waals surface area contributed by atoms with E-state index in [9.17, 15) is 14.7 Å². The van der Waals surface area contributed by atoms with Crippen molar-refractivity contribution in [1.29, 1.82) is 0 Å². The van der Waals surface area contributed by atoms with E-state index in [0.29, 0.717) is 37.8 Å². The molecule has 2 aliphatic rings. The SMILES string of the molecule is CN1C[C@H]2CN(C(=O)CCc3nc(-c4ccccc4)no3)C[C@@]2(C(=O)O)C1. The standard InChI is InChI=1S/C19H22N4O4/c1-22-9-14-10-23(12-19(14,11-22)18(25)26)16(24)8-7-15-20-17(21-27-15)13-5-3-2-4-6-13/h2-6,14H,7-12H2,1H3,(H,25,26)/t14-,19-/m0/s1. The molecule has 0 unspecified atom stereocenters. The lowest BCUT2D eigenvalue weighted by atomic mass is 9.81. The quantitative estimate of drug-likeness (QED) is 0.842. The molecule has 2 atom stereocenters. The maximum atomic E-state index is 12.6. The minimum absolute atomic E-state index is 0.0166. The van der Waals surface area contributed by atoms with Gasteiger partial charge in [-0.25, -0.2) is 0 Å². The number of benzene rings is 1. The van der Waals surface area contributed by atoms with Crippen molar-refractivity contribution in [3.63, 3.8) is 0 Å². The predicted molar refractivity (Wildman–Crippen MR) is 95.7 cm³/mol. The van der Waals surface area contributed by atoms with Crippen molar-refractivity contribution in [3.05, 3.63) is 36.2 Å². The molecule has 0 aliphatic carbocycles. The lowest BCUT2D eigenvalue weighted by Crippen LogP contribution is -2.41. The van der Waals surface area contributed by atoms with Gasteiger partial charge in [-0.2, -0.15) is 4.98 Å². The first-order chi connectivity index (χ1) is 13.0. The first kappa shape index (κ1) is 17.7. The van der Waals surface area contributed by atoms with Gasteiger partial charge in [0, 0.05) is 50.5 Å². The van der Waals surface area contributed by atoms with E-state index in [1.165, 1.54) is 0 Å². The van der Waals surface area contributed by atoms with Gasteiger partial charge in [-0.15, -0.1) is 0 Å². The summed E-state index contributed by atoms with van der Waals surface area (Å²) in [5, 5.41) is 13.7. The van der Waals surface area contributed by atoms with E-state index in [4.69, 9.17) is 4.52 Å². The molecule has 8 heteroatoms. The molecule has 2 aromatic rings. The number of likely N-dealkylation sites (tertiary alicyclic amines) is 2. The van der Waals surface area contributed by atoms with Crippen LogP contribution in [0, 0.1) is 11.3 Å². The summed E-state index contributed by atoms with van der Waals surface area (Å²) in [7, 11) is 1.93. The third-order valence-corrected chi connectivity index (χ3v) is 5.61. The second-order valence-electron chi connectivity index (χ2n) is 7.51. The molecule has 3 heterocycles. The van der Waals surface area contributed by atoms with Gasteiger partial charge in [-0.3, -0.25) is 9.59 Å². The summed E-state index contributed by atoms with van der Waals surface area (Å²) < 4.78 is 5.25. The zero-order chi connectivity index (χ0) is 19.0. The van der Waals surface area contributed by atoms with Gasteiger partial charge in [0.2, 0.25) is 17.6 Å². The summed E-state index contributed by atoms with van der Waals surface area (Å²) >= 11 is 0. The van der Waals surface area contributed by atoms with Crippen molar-refractivity contribution in [2.45, 2.75) is 12.8 Å². The van der Waals surface area contributed by atoms with Crippen LogP contribution in [0.4, 0.5) is 0 Å². The van der Waals surface area contributed by atoms with Crippen LogP contribution >= 0.6 is 0 Å². The second kappa shape index (κ2) is 6.77. The van der Waals surface area contributed by atoms with Crippen molar-refractivity contribution in [1.82, 2.24) is 19.9 Å². The Morgan fingerprint density at radius 1 is 1.26 bits per heavy atom. The second-order valence-corrected chi connectivity index (χ2v) is 7.51. The molecular formula is C19H22N4O4. The molecule has 4 rings (SSSR count). The Morgan fingerprint density at radius 2 is 2.04 bits per heavy atom. The van der Waals surface area contributed by atoms with Gasteiger partial charge in [0.25, 0.3) is 0 Å². The predicted octanol–water partition coefficient (Wildman–Crippen LogP) is 1.14. The largest absolute Gasteiger partial charge is 0.481 e. The lowest BCUT2D eigenvalue weighted by Gasteiger charge is -2.24. The van der Waals surface area contributed by atoms with Crippen molar-refractivity contribution in [3.8, 4) is 11.4 Å². The van der Waals surface area contributed by atoms with E-state index in [1.807, 2.05) is 42.3 Å². The summed E-state index contributed by atoms with van der Waals surface area (Å²) in [5.41, 5.74) is 0.0220. The lowest BCUT2D eigenvalue weighted by molar-refractivity contribution is -0.149. The fourth-order valence-electron chi connectivity index (χ4n) is 4.24. The van der Waals surface area contributed by atoms with Crippen LogP contribution in [-0.4, -0.2) is 70.2 Å². The fraction of sp³-hybridized carbons (Fsp3) is 0.474. The highest BCUT2D eigenvalue weighted by molar-refractivity contribution is 5.81. The van der Waals surface area contributed by atoms with Crippen LogP contribution in [0.2, 0.25) is 0 Å². The number of aromatic nitrogens is 2. The Hall–Kier alpha value is -2.74. The molecule has 1 aromatic carbocycles. The molecule has 142 valence electrons. The molecule has 2 fully saturated rings. The Labute approximate surface area is 156 Å². The topological polar surface area (TPSA) is 99.8 Å². The Bertz CT molecular complexity index is 852. The average Bonchev–Trinajstić information content (AvgIpc) is 3.33. The first-order valence-electron chi connectivity index (χ1n) is 9.06. The van der Waals surface area contributed by atoms with Gasteiger partial charge in [-0.05, 0) is 7.05 Å². The zero-order valence-corrected chi connectivity index (χ0v) is 15.2. The van der Waals surface area contributed by atoms with E-state index in [0.717, 1.165) is 5.56 Å². The van der Waals surface area contributed by atoms with Crippen LogP contribution in [0.5, 0.6) is 0 Å². The molecule has 1 N–H and O–H groups in total. The van der Waals surface area contributed by atoms with Crippen LogP contribution in [0.15, 0.2) is 34.9 Å². The highest BCUT2D eigenvalue weighted by atomic mass is 16.5. The van der Waals surface area contributed by atoms with E-state index < -0.39 is 11.4 Å². The Balaban J connectivity index is 1.37. The molecule has 0 spiro atoms. The molecular weight excluding hydrogens is 348 g/mol. The number of nitrogens with zero attached hydrogens (tertiary/aromatic N) is 4. The van der Waals surface area contributed by atoms with E-state index in [-0.39, 0.29) is 24.8 Å². The minimum atomic E-state index is -0.838. The third kappa shape index (κ3) is 3.21. The maximum absolute atomic E-state index is 12.6. The summed E-state index contributed by atoms with van der Waals surface area (Å²) in [4.78, 5) is 32.5. The van der Waals surface area contributed by atoms with Crippen molar-refractivity contribution in [2.75, 3.05) is 33.2 Å². The molecule has 0 radical (unpaired) electrons. The van der Waals surface area contributed by atoms with Crippen LogP contribution in [0.25, 0.3) is 11.4 Å². The molecule has 2 aliphatic heterocycles. The Morgan fingerprint density at radius 3 is 2.74 bits per heavy atom. The monoisotopic (exact) mass is 370 g/mol. The zero-order valence-electron chi connectivity index (χ0n) is 15.2. The normalized spacial score (nSPS) is 24.9. The highest BCUT2D eigenvalue weighted by Gasteiger charge is 2.57. The van der Waals surface area contributed by atoms with Crippen molar-refractivity contribution < 1.29 is 19.2 Å². The van der Waals surface area contributed by atoms with Crippen LogP contribution in [0.3, 0.4) is 0 Å². The number of carbonyl (C=O) groups is 2. The number of hydrogen-bond donors (Lipinski definition) is 1. The Kier molecular flexibility index (Phi) is 4.43. The fourth-order valence-corrected chi connectivity index (χ4v) is 4.24. The summed E-state index contributed by atoms with van der Waals surface area (Å²) in [6.45, 7) is 1.96. The molecule has 0 bridgehead atoms. The number of rotatable bonds is 5. The number of fused-ring (bicyclic) bond motifs is 1. The molecule has 0 saturated carbocycles. The highest BCUT2D eigenvalue weighted by Crippen LogP contribution is 2.42. The average molecular weight is 370 g/mol. The summed E-state index contributed by atoms with van der Waals surface area (Å²) in [6.07, 6.45) is 0.578. The summed E-state index contributed by atoms with van der Waals surface area (Å²) in [6, 6.07) is 9.50. The van der Waals surface area contributed by atoms with Crippen LogP contribution in [0.1, 0.15) is 12.3 Å². The van der Waals surface area contributed by atoms with E-state index in [1.54, 1.807) is 4.90 Å². The van der Waals surface area contributed by atoms with Crippen LogP contribution in [-0.2, 0) is 16.0 Å². The van der Waals surface area contributed by atoms with Gasteiger partial charge in [-0.1, -0.05) is 35.5 Å². The number of carbonyl (C=O) groups excluding carboxylic acids is 1. The van der Waals surface area contributed by atoms with Crippen molar-refractivity contribution in [2.24, 2.45) is 11.3 Å². The number of amides is 1. The summed E-state index contributed by atoms with van der Waals surface area (Å²) in [5.74, 6) is 0.0247. The molecule has 2 saturated heterocycles.